The SMILES string of the molecule is Cc1c(C(=O)NC(CC(F)F)C(=O)O)oc2ccc(F)cc12. The zero-order chi connectivity index (χ0) is 16.4. The van der Waals surface area contributed by atoms with E-state index in [1.807, 2.05) is 5.32 Å². The second kappa shape index (κ2) is 6.08. The van der Waals surface area contributed by atoms with Crippen LogP contribution in [-0.4, -0.2) is 29.5 Å². The van der Waals surface area contributed by atoms with Gasteiger partial charge in [0.25, 0.3) is 5.91 Å². The smallest absolute Gasteiger partial charge is 0.326 e. The number of fused-ring (bicyclic) bond motifs is 1. The number of halogens is 3. The number of carbonyl (C=O) groups is 2. The van der Waals surface area contributed by atoms with Crippen LogP contribution >= 0.6 is 0 Å². The molecule has 5 nitrogen and oxygen atoms in total. The maximum atomic E-state index is 13.2. The molecule has 0 aliphatic rings. The van der Waals surface area contributed by atoms with E-state index in [1.54, 1.807) is 0 Å². The van der Waals surface area contributed by atoms with Crippen molar-refractivity contribution < 1.29 is 32.3 Å². The van der Waals surface area contributed by atoms with E-state index in [-0.39, 0.29) is 11.3 Å². The number of carbonyl (C=O) groups excluding carboxylic acids is 1. The van der Waals surface area contributed by atoms with E-state index < -0.39 is 36.6 Å². The largest absolute Gasteiger partial charge is 0.480 e. The van der Waals surface area contributed by atoms with Gasteiger partial charge < -0.3 is 14.8 Å². The lowest BCUT2D eigenvalue weighted by Gasteiger charge is -2.13. The molecule has 0 aliphatic carbocycles. The van der Waals surface area contributed by atoms with Crippen molar-refractivity contribution in [2.45, 2.75) is 25.8 Å². The lowest BCUT2D eigenvalue weighted by molar-refractivity contribution is -0.140. The number of hydrogen-bond acceptors (Lipinski definition) is 3. The molecular weight excluding hydrogens is 303 g/mol. The number of nitrogens with one attached hydrogen (secondary N) is 1. The number of aliphatic carboxylic acids is 1. The minimum atomic E-state index is -2.88. The van der Waals surface area contributed by atoms with Gasteiger partial charge in [-0.15, -0.1) is 0 Å². The maximum Gasteiger partial charge on any atom is 0.326 e. The van der Waals surface area contributed by atoms with Crippen molar-refractivity contribution in [3.8, 4) is 0 Å². The summed E-state index contributed by atoms with van der Waals surface area (Å²) in [6.45, 7) is 1.49. The van der Waals surface area contributed by atoms with Gasteiger partial charge in [0, 0.05) is 17.4 Å². The van der Waals surface area contributed by atoms with Gasteiger partial charge in [-0.25, -0.2) is 18.0 Å². The summed E-state index contributed by atoms with van der Waals surface area (Å²) in [6.07, 6.45) is -3.90. The van der Waals surface area contributed by atoms with Gasteiger partial charge in [0.05, 0.1) is 0 Å². The highest BCUT2D eigenvalue weighted by molar-refractivity contribution is 6.00. The Bertz CT molecular complexity index is 726. The van der Waals surface area contributed by atoms with Gasteiger partial charge in [-0.3, -0.25) is 4.79 Å². The molecule has 2 rings (SSSR count). The highest BCUT2D eigenvalue weighted by atomic mass is 19.3. The van der Waals surface area contributed by atoms with Crippen molar-refractivity contribution in [2.75, 3.05) is 0 Å². The topological polar surface area (TPSA) is 79.5 Å². The molecular formula is C14H12F3NO4. The standard InChI is InChI=1S/C14H12F3NO4/c1-6-8-4-7(15)2-3-10(8)22-12(6)13(19)18-9(14(20)21)5-11(16)17/h2-4,9,11H,5H2,1H3,(H,18,19)(H,20,21). The number of amides is 1. The molecule has 1 amide bonds. The molecule has 1 heterocycles. The van der Waals surface area contributed by atoms with Gasteiger partial charge in [0.1, 0.15) is 17.4 Å². The van der Waals surface area contributed by atoms with Crippen molar-refractivity contribution in [2.24, 2.45) is 0 Å². The number of hydrogen-bond donors (Lipinski definition) is 2. The Hall–Kier alpha value is -2.51. The fraction of sp³-hybridized carbons (Fsp3) is 0.286. The van der Waals surface area contributed by atoms with Gasteiger partial charge >= 0.3 is 5.97 Å². The van der Waals surface area contributed by atoms with Crippen molar-refractivity contribution in [1.82, 2.24) is 5.32 Å². The van der Waals surface area contributed by atoms with E-state index in [2.05, 4.69) is 0 Å². The zero-order valence-electron chi connectivity index (χ0n) is 11.4. The predicted molar refractivity (Wildman–Crippen MR) is 70.4 cm³/mol. The van der Waals surface area contributed by atoms with Crippen LogP contribution in [0, 0.1) is 12.7 Å². The molecule has 0 spiro atoms. The first-order valence-corrected chi connectivity index (χ1v) is 6.30. The molecule has 1 aromatic carbocycles. The lowest BCUT2D eigenvalue weighted by atomic mass is 10.1. The zero-order valence-corrected chi connectivity index (χ0v) is 11.4. The van der Waals surface area contributed by atoms with Crippen LogP contribution in [0.15, 0.2) is 22.6 Å². The summed E-state index contributed by atoms with van der Waals surface area (Å²) in [5, 5.41) is 11.2. The van der Waals surface area contributed by atoms with Gasteiger partial charge in [0.2, 0.25) is 6.43 Å². The molecule has 0 bridgehead atoms. The molecule has 0 radical (unpaired) electrons. The van der Waals surface area contributed by atoms with E-state index in [0.717, 1.165) is 6.07 Å². The maximum absolute atomic E-state index is 13.2. The minimum absolute atomic E-state index is 0.235. The second-order valence-corrected chi connectivity index (χ2v) is 4.69. The molecule has 8 heteroatoms. The van der Waals surface area contributed by atoms with E-state index in [9.17, 15) is 22.8 Å². The Balaban J connectivity index is 2.29. The van der Waals surface area contributed by atoms with Crippen molar-refractivity contribution in [3.63, 3.8) is 0 Å². The van der Waals surface area contributed by atoms with Crippen molar-refractivity contribution in [3.05, 3.63) is 35.3 Å². The van der Waals surface area contributed by atoms with E-state index >= 15 is 0 Å². The van der Waals surface area contributed by atoms with E-state index in [0.29, 0.717) is 10.9 Å². The third kappa shape index (κ3) is 3.21. The van der Waals surface area contributed by atoms with Crippen molar-refractivity contribution in [1.29, 1.82) is 0 Å². The quantitative estimate of drug-likeness (QED) is 0.889. The Labute approximate surface area is 122 Å². The minimum Gasteiger partial charge on any atom is -0.480 e. The molecule has 1 aromatic heterocycles. The Kier molecular flexibility index (Phi) is 4.39. The van der Waals surface area contributed by atoms with Crippen LogP contribution in [0.5, 0.6) is 0 Å². The molecule has 0 saturated carbocycles. The average Bonchev–Trinajstić information content (AvgIpc) is 2.74. The van der Waals surface area contributed by atoms with E-state index in [4.69, 9.17) is 9.52 Å². The lowest BCUT2D eigenvalue weighted by Crippen LogP contribution is -2.42. The first kappa shape index (κ1) is 15.9. The van der Waals surface area contributed by atoms with Crippen LogP contribution in [-0.2, 0) is 4.79 Å². The summed E-state index contributed by atoms with van der Waals surface area (Å²) in [6, 6.07) is 1.89. The fourth-order valence-corrected chi connectivity index (χ4v) is 2.03. The van der Waals surface area contributed by atoms with Crippen LogP contribution < -0.4 is 5.32 Å². The van der Waals surface area contributed by atoms with Crippen LogP contribution in [0.4, 0.5) is 13.2 Å². The number of furan rings is 1. The molecule has 2 N–H and O–H groups in total. The number of aryl methyl sites for hydroxylation is 1. The van der Waals surface area contributed by atoms with Gasteiger partial charge in [-0.2, -0.15) is 0 Å². The molecule has 0 fully saturated rings. The molecule has 0 aliphatic heterocycles. The monoisotopic (exact) mass is 315 g/mol. The van der Waals surface area contributed by atoms with Crippen LogP contribution in [0.25, 0.3) is 11.0 Å². The van der Waals surface area contributed by atoms with Gasteiger partial charge in [0.15, 0.2) is 5.76 Å². The first-order valence-electron chi connectivity index (χ1n) is 6.30. The molecule has 2 aromatic rings. The summed E-state index contributed by atoms with van der Waals surface area (Å²) in [5.74, 6) is -3.28. The van der Waals surface area contributed by atoms with Crippen LogP contribution in [0.1, 0.15) is 22.5 Å². The first-order chi connectivity index (χ1) is 10.3. The number of rotatable bonds is 5. The Morgan fingerprint density at radius 2 is 2.05 bits per heavy atom. The number of alkyl halides is 2. The fourth-order valence-electron chi connectivity index (χ4n) is 2.03. The summed E-state index contributed by atoms with van der Waals surface area (Å²) in [5.41, 5.74) is 0.540. The third-order valence-corrected chi connectivity index (χ3v) is 3.12. The van der Waals surface area contributed by atoms with Crippen LogP contribution in [0.2, 0.25) is 0 Å². The predicted octanol–water partition coefficient (Wildman–Crippen LogP) is 2.72. The summed E-state index contributed by atoms with van der Waals surface area (Å²) in [7, 11) is 0. The molecule has 1 unspecified atom stereocenters. The van der Waals surface area contributed by atoms with Gasteiger partial charge in [-0.1, -0.05) is 0 Å². The highest BCUT2D eigenvalue weighted by Gasteiger charge is 2.27. The average molecular weight is 315 g/mol. The normalized spacial score (nSPS) is 12.6. The third-order valence-electron chi connectivity index (χ3n) is 3.12. The summed E-state index contributed by atoms with van der Waals surface area (Å²) >= 11 is 0. The molecule has 118 valence electrons. The number of carboxylic acid groups (broad SMARTS) is 1. The second-order valence-electron chi connectivity index (χ2n) is 4.69. The van der Waals surface area contributed by atoms with E-state index in [1.165, 1.54) is 19.1 Å². The highest BCUT2D eigenvalue weighted by Crippen LogP contribution is 2.26. The number of benzene rings is 1. The molecule has 1 atom stereocenters. The number of carboxylic acids is 1. The van der Waals surface area contributed by atoms with Crippen LogP contribution in [0.3, 0.4) is 0 Å². The molecule has 0 saturated heterocycles. The summed E-state index contributed by atoms with van der Waals surface area (Å²) < 4.78 is 43.0. The molecule has 22 heavy (non-hydrogen) atoms. The summed E-state index contributed by atoms with van der Waals surface area (Å²) in [4.78, 5) is 22.9. The Morgan fingerprint density at radius 1 is 1.36 bits per heavy atom. The Morgan fingerprint density at radius 3 is 2.64 bits per heavy atom. The van der Waals surface area contributed by atoms with Crippen molar-refractivity contribution >= 4 is 22.8 Å². The van der Waals surface area contributed by atoms with Gasteiger partial charge in [-0.05, 0) is 25.1 Å².